The number of esters is 1. The lowest BCUT2D eigenvalue weighted by molar-refractivity contribution is -0.385. The van der Waals surface area contributed by atoms with Crippen LogP contribution in [0.5, 0.6) is 17.2 Å². The van der Waals surface area contributed by atoms with Crippen molar-refractivity contribution < 1.29 is 23.7 Å². The first-order chi connectivity index (χ1) is 12.7. The number of hydrogen-bond donors (Lipinski definition) is 0. The van der Waals surface area contributed by atoms with E-state index in [0.717, 1.165) is 0 Å². The van der Waals surface area contributed by atoms with Crippen LogP contribution in [0.4, 0.5) is 0 Å². The van der Waals surface area contributed by atoms with Gasteiger partial charge in [0.15, 0.2) is 0 Å². The van der Waals surface area contributed by atoms with Gasteiger partial charge in [-0.2, -0.15) is 0 Å². The maximum atomic E-state index is 11.8. The van der Waals surface area contributed by atoms with Crippen LogP contribution in [0.15, 0.2) is 91.0 Å². The van der Waals surface area contributed by atoms with E-state index in [1.54, 1.807) is 72.8 Å². The van der Waals surface area contributed by atoms with Crippen molar-refractivity contribution >= 4 is 5.97 Å². The van der Waals surface area contributed by atoms with Gasteiger partial charge in [-0.15, -0.1) is 0 Å². The van der Waals surface area contributed by atoms with Crippen molar-refractivity contribution in [1.82, 2.24) is 0 Å². The summed E-state index contributed by atoms with van der Waals surface area (Å²) in [5, 5.41) is 0. The van der Waals surface area contributed by atoms with Gasteiger partial charge < -0.3 is 18.9 Å². The summed E-state index contributed by atoms with van der Waals surface area (Å²) in [7, 11) is 0. The van der Waals surface area contributed by atoms with Crippen LogP contribution in [0.2, 0.25) is 0 Å². The minimum Gasteiger partial charge on any atom is -0.386 e. The summed E-state index contributed by atoms with van der Waals surface area (Å²) in [4.78, 5) is 11.8. The van der Waals surface area contributed by atoms with Gasteiger partial charge >= 0.3 is 12.1 Å². The van der Waals surface area contributed by atoms with Gasteiger partial charge in [0.25, 0.3) is 0 Å². The molecule has 0 spiro atoms. The van der Waals surface area contributed by atoms with Crippen molar-refractivity contribution in [2.75, 3.05) is 0 Å². The largest absolute Gasteiger partial charge is 0.613 e. The lowest BCUT2D eigenvalue weighted by atomic mass is 10.3. The molecule has 132 valence electrons. The number of hydrogen-bond acceptors (Lipinski definition) is 5. The van der Waals surface area contributed by atoms with Gasteiger partial charge in [-0.25, -0.2) is 0 Å². The summed E-state index contributed by atoms with van der Waals surface area (Å²) in [6.07, 6.45) is -2.12. The summed E-state index contributed by atoms with van der Waals surface area (Å²) >= 11 is 0. The van der Waals surface area contributed by atoms with Crippen molar-refractivity contribution in [3.63, 3.8) is 0 Å². The Morgan fingerprint density at radius 1 is 0.615 bits per heavy atom. The highest BCUT2D eigenvalue weighted by Crippen LogP contribution is 2.27. The van der Waals surface area contributed by atoms with Gasteiger partial charge in [0, 0.05) is 6.92 Å². The van der Waals surface area contributed by atoms with Crippen LogP contribution in [0.1, 0.15) is 6.92 Å². The molecule has 0 fully saturated rings. The first-order valence-corrected chi connectivity index (χ1v) is 8.07. The highest BCUT2D eigenvalue weighted by atomic mass is 17.0. The van der Waals surface area contributed by atoms with Crippen LogP contribution in [-0.2, 0) is 9.53 Å². The van der Waals surface area contributed by atoms with Crippen LogP contribution < -0.4 is 14.2 Å². The number of benzene rings is 3. The Bertz CT molecular complexity index is 717. The Kier molecular flexibility index (Phi) is 5.39. The monoisotopic (exact) mass is 350 g/mol. The summed E-state index contributed by atoms with van der Waals surface area (Å²) in [5.41, 5.74) is 0. The van der Waals surface area contributed by atoms with Gasteiger partial charge in [0.05, 0.1) is 0 Å². The second-order valence-electron chi connectivity index (χ2n) is 5.34. The molecule has 0 amide bonds. The molecule has 0 radical (unpaired) electrons. The summed E-state index contributed by atoms with van der Waals surface area (Å²) in [6.45, 7) is 1.26. The van der Waals surface area contributed by atoms with Crippen molar-refractivity contribution in [2.24, 2.45) is 0 Å². The standard InChI is InChI=1S/C21H18O5/c1-17(22)23-21(24-18-11-5-2-6-12-18,25-19-13-7-3-8-14-19)26-20-15-9-4-10-16-20/h2-16H,1H3. The molecular formula is C21H18O5. The first kappa shape index (κ1) is 17.4. The second kappa shape index (κ2) is 8.07. The molecular weight excluding hydrogens is 332 g/mol. The van der Waals surface area contributed by atoms with Crippen LogP contribution >= 0.6 is 0 Å². The van der Waals surface area contributed by atoms with E-state index in [1.807, 2.05) is 18.2 Å². The Morgan fingerprint density at radius 3 is 1.19 bits per heavy atom. The highest BCUT2D eigenvalue weighted by Gasteiger charge is 2.44. The van der Waals surface area contributed by atoms with Crippen LogP contribution in [-0.4, -0.2) is 12.1 Å². The van der Waals surface area contributed by atoms with Gasteiger partial charge in [-0.1, -0.05) is 54.6 Å². The molecule has 3 aromatic carbocycles. The average molecular weight is 350 g/mol. The SMILES string of the molecule is CC(=O)OC(Oc1ccccc1)(Oc1ccccc1)Oc1ccccc1. The van der Waals surface area contributed by atoms with Gasteiger partial charge in [0.1, 0.15) is 17.2 Å². The lowest BCUT2D eigenvalue weighted by Gasteiger charge is -2.31. The molecule has 3 rings (SSSR count). The third-order valence-corrected chi connectivity index (χ3v) is 3.23. The summed E-state index contributed by atoms with van der Waals surface area (Å²) in [5.74, 6) is 0.634. The predicted octanol–water partition coefficient (Wildman–Crippen LogP) is 4.40. The summed E-state index contributed by atoms with van der Waals surface area (Å²) < 4.78 is 22.8. The third kappa shape index (κ3) is 4.77. The zero-order valence-corrected chi connectivity index (χ0v) is 14.2. The molecule has 0 aromatic heterocycles. The molecule has 0 saturated carbocycles. The predicted molar refractivity (Wildman–Crippen MR) is 95.7 cm³/mol. The van der Waals surface area contributed by atoms with E-state index in [0.29, 0.717) is 17.2 Å². The summed E-state index contributed by atoms with van der Waals surface area (Å²) in [6, 6.07) is 26.5. The fraction of sp³-hybridized carbons (Fsp3) is 0.0952. The van der Waals surface area contributed by atoms with E-state index in [9.17, 15) is 4.79 Å². The molecule has 0 aliphatic rings. The topological polar surface area (TPSA) is 54.0 Å². The van der Waals surface area contributed by atoms with Gasteiger partial charge in [0.2, 0.25) is 0 Å². The van der Waals surface area contributed by atoms with Crippen molar-refractivity contribution in [3.05, 3.63) is 91.0 Å². The van der Waals surface area contributed by atoms with Crippen molar-refractivity contribution in [2.45, 2.75) is 13.1 Å². The molecule has 0 bridgehead atoms. The Labute approximate surface area is 151 Å². The zero-order valence-electron chi connectivity index (χ0n) is 14.2. The Hall–Kier alpha value is -3.47. The van der Waals surface area contributed by atoms with E-state index < -0.39 is 12.1 Å². The van der Waals surface area contributed by atoms with E-state index in [-0.39, 0.29) is 0 Å². The second-order valence-corrected chi connectivity index (χ2v) is 5.34. The smallest absolute Gasteiger partial charge is 0.386 e. The molecule has 0 saturated heterocycles. The third-order valence-electron chi connectivity index (χ3n) is 3.23. The number of ether oxygens (including phenoxy) is 4. The fourth-order valence-corrected chi connectivity index (χ4v) is 2.20. The number of carbonyl (C=O) groups is 1. The van der Waals surface area contributed by atoms with Crippen molar-refractivity contribution in [1.29, 1.82) is 0 Å². The minimum atomic E-state index is -2.12. The molecule has 0 aliphatic heterocycles. The number of rotatable bonds is 7. The molecule has 0 aliphatic carbocycles. The molecule has 3 aromatic rings. The fourth-order valence-electron chi connectivity index (χ4n) is 2.20. The van der Waals surface area contributed by atoms with Crippen LogP contribution in [0, 0.1) is 0 Å². The van der Waals surface area contributed by atoms with E-state index in [2.05, 4.69) is 0 Å². The van der Waals surface area contributed by atoms with Crippen molar-refractivity contribution in [3.8, 4) is 17.2 Å². The molecule has 26 heavy (non-hydrogen) atoms. The first-order valence-electron chi connectivity index (χ1n) is 8.07. The normalized spacial score (nSPS) is 10.7. The van der Waals surface area contributed by atoms with E-state index in [1.165, 1.54) is 6.92 Å². The number of para-hydroxylation sites is 3. The average Bonchev–Trinajstić information content (AvgIpc) is 2.63. The quantitative estimate of drug-likeness (QED) is 0.467. The number of carbonyl (C=O) groups excluding carboxylic acids is 1. The van der Waals surface area contributed by atoms with Crippen LogP contribution in [0.3, 0.4) is 0 Å². The maximum absolute atomic E-state index is 11.8. The molecule has 0 heterocycles. The minimum absolute atomic E-state index is 0.417. The maximum Gasteiger partial charge on any atom is 0.613 e. The Morgan fingerprint density at radius 2 is 0.923 bits per heavy atom. The molecule has 5 nitrogen and oxygen atoms in total. The lowest BCUT2D eigenvalue weighted by Crippen LogP contribution is -2.51. The molecule has 0 atom stereocenters. The van der Waals surface area contributed by atoms with Crippen LogP contribution in [0.25, 0.3) is 0 Å². The Balaban J connectivity index is 1.98. The van der Waals surface area contributed by atoms with Gasteiger partial charge in [-0.05, 0) is 36.4 Å². The molecule has 5 heteroatoms. The van der Waals surface area contributed by atoms with Gasteiger partial charge in [-0.3, -0.25) is 4.79 Å². The highest BCUT2D eigenvalue weighted by molar-refractivity contribution is 5.66. The van der Waals surface area contributed by atoms with E-state index >= 15 is 0 Å². The van der Waals surface area contributed by atoms with E-state index in [4.69, 9.17) is 18.9 Å². The molecule has 0 unspecified atom stereocenters. The molecule has 0 N–H and O–H groups in total. The zero-order chi connectivity index (χ0) is 18.2.